The van der Waals surface area contributed by atoms with Gasteiger partial charge in [-0.05, 0) is 42.6 Å². The van der Waals surface area contributed by atoms with Gasteiger partial charge in [0.1, 0.15) is 0 Å². The summed E-state index contributed by atoms with van der Waals surface area (Å²) in [5.41, 5.74) is 1.49. The van der Waals surface area contributed by atoms with Crippen LogP contribution in [-0.4, -0.2) is 11.7 Å². The van der Waals surface area contributed by atoms with Gasteiger partial charge in [-0.2, -0.15) is 0 Å². The molecule has 1 nitrogen and oxygen atoms in total. The van der Waals surface area contributed by atoms with Gasteiger partial charge in [-0.1, -0.05) is 48.1 Å². The molecule has 0 N–H and O–H groups in total. The Hall–Kier alpha value is -0.300. The van der Waals surface area contributed by atoms with Crippen LogP contribution in [0.2, 0.25) is 0 Å². The van der Waals surface area contributed by atoms with E-state index in [1.54, 1.807) is 0 Å². The molecular weight excluding hydrogens is 208 g/mol. The quantitative estimate of drug-likeness (QED) is 0.550. The Morgan fingerprint density at radius 3 is 1.88 bits per heavy atom. The third-order valence-electron chi connectivity index (χ3n) is 4.07. The zero-order chi connectivity index (χ0) is 13.6. The largest absolute Gasteiger partial charge is 0.367 e. The summed E-state index contributed by atoms with van der Waals surface area (Å²) in [4.78, 5) is 0. The zero-order valence-electron chi connectivity index (χ0n) is 13.0. The van der Waals surface area contributed by atoms with Crippen molar-refractivity contribution in [3.05, 3.63) is 12.2 Å². The van der Waals surface area contributed by atoms with Crippen molar-refractivity contribution in [1.82, 2.24) is 0 Å². The molecule has 1 fully saturated rings. The van der Waals surface area contributed by atoms with Crippen LogP contribution in [-0.2, 0) is 4.74 Å². The third kappa shape index (κ3) is 3.13. The highest BCUT2D eigenvalue weighted by molar-refractivity contribution is 5.16. The highest BCUT2D eigenvalue weighted by Crippen LogP contribution is 2.48. The standard InChI is InChI=1S/C16H30O/c1-11-10-12(14(2,3)4)13(15(5,6)7)17-16(11,8)9/h12-13H,1,10H2,2-9H3. The Morgan fingerprint density at radius 1 is 1.06 bits per heavy atom. The number of ether oxygens (including phenoxy) is 1. The number of hydrogen-bond acceptors (Lipinski definition) is 1. The average Bonchev–Trinajstić information content (AvgIpc) is 2.05. The molecule has 0 aromatic heterocycles. The Bertz CT molecular complexity index is 298. The molecule has 1 rings (SSSR count). The molecule has 2 atom stereocenters. The fourth-order valence-electron chi connectivity index (χ4n) is 2.64. The lowest BCUT2D eigenvalue weighted by Crippen LogP contribution is -2.52. The molecule has 1 saturated heterocycles. The molecule has 0 bridgehead atoms. The van der Waals surface area contributed by atoms with Crippen molar-refractivity contribution in [2.45, 2.75) is 73.5 Å². The highest BCUT2D eigenvalue weighted by atomic mass is 16.5. The van der Waals surface area contributed by atoms with E-state index in [0.717, 1.165) is 6.42 Å². The maximum Gasteiger partial charge on any atom is 0.0837 e. The van der Waals surface area contributed by atoms with Crippen molar-refractivity contribution in [2.24, 2.45) is 16.7 Å². The fourth-order valence-corrected chi connectivity index (χ4v) is 2.64. The van der Waals surface area contributed by atoms with E-state index in [0.29, 0.717) is 12.0 Å². The Kier molecular flexibility index (Phi) is 3.58. The second-order valence-electron chi connectivity index (χ2n) is 8.19. The lowest BCUT2D eigenvalue weighted by Gasteiger charge is -2.52. The first-order valence-electron chi connectivity index (χ1n) is 6.72. The van der Waals surface area contributed by atoms with Gasteiger partial charge >= 0.3 is 0 Å². The summed E-state index contributed by atoms with van der Waals surface area (Å²) >= 11 is 0. The maximum absolute atomic E-state index is 6.39. The molecule has 2 unspecified atom stereocenters. The van der Waals surface area contributed by atoms with Gasteiger partial charge in [0.2, 0.25) is 0 Å². The summed E-state index contributed by atoms with van der Waals surface area (Å²) in [6, 6.07) is 0. The average molecular weight is 238 g/mol. The van der Waals surface area contributed by atoms with E-state index in [2.05, 4.69) is 62.0 Å². The van der Waals surface area contributed by atoms with Gasteiger partial charge in [0, 0.05) is 0 Å². The fraction of sp³-hybridized carbons (Fsp3) is 0.875. The van der Waals surface area contributed by atoms with Crippen LogP contribution >= 0.6 is 0 Å². The van der Waals surface area contributed by atoms with Crippen molar-refractivity contribution < 1.29 is 4.74 Å². The van der Waals surface area contributed by atoms with Gasteiger partial charge in [-0.3, -0.25) is 0 Å². The summed E-state index contributed by atoms with van der Waals surface area (Å²) in [7, 11) is 0. The molecule has 1 heterocycles. The first-order valence-corrected chi connectivity index (χ1v) is 6.72. The van der Waals surface area contributed by atoms with Crippen molar-refractivity contribution in [2.75, 3.05) is 0 Å². The molecule has 0 radical (unpaired) electrons. The predicted octanol–water partition coefficient (Wildman–Crippen LogP) is 4.82. The van der Waals surface area contributed by atoms with Crippen LogP contribution in [0.1, 0.15) is 61.8 Å². The van der Waals surface area contributed by atoms with Crippen LogP contribution in [0.4, 0.5) is 0 Å². The van der Waals surface area contributed by atoms with Crippen molar-refractivity contribution in [3.8, 4) is 0 Å². The van der Waals surface area contributed by atoms with Crippen LogP contribution in [0.5, 0.6) is 0 Å². The maximum atomic E-state index is 6.39. The summed E-state index contributed by atoms with van der Waals surface area (Å²) in [5.74, 6) is 0.544. The summed E-state index contributed by atoms with van der Waals surface area (Å²) < 4.78 is 6.39. The molecule has 1 heteroatoms. The van der Waals surface area contributed by atoms with Gasteiger partial charge in [0.25, 0.3) is 0 Å². The van der Waals surface area contributed by atoms with Gasteiger partial charge in [0.15, 0.2) is 0 Å². The molecule has 0 aromatic rings. The monoisotopic (exact) mass is 238 g/mol. The van der Waals surface area contributed by atoms with Crippen LogP contribution < -0.4 is 0 Å². The molecule has 17 heavy (non-hydrogen) atoms. The molecule has 100 valence electrons. The summed E-state index contributed by atoms with van der Waals surface area (Å²) in [6.07, 6.45) is 1.38. The lowest BCUT2D eigenvalue weighted by atomic mass is 9.64. The second kappa shape index (κ2) is 4.12. The second-order valence-corrected chi connectivity index (χ2v) is 8.19. The summed E-state index contributed by atoms with van der Waals surface area (Å²) in [5, 5.41) is 0. The van der Waals surface area contributed by atoms with Gasteiger partial charge < -0.3 is 4.74 Å². The van der Waals surface area contributed by atoms with Crippen LogP contribution in [0.25, 0.3) is 0 Å². The van der Waals surface area contributed by atoms with Gasteiger partial charge in [-0.25, -0.2) is 0 Å². The van der Waals surface area contributed by atoms with E-state index >= 15 is 0 Å². The molecule has 1 aliphatic heterocycles. The molecule has 0 saturated carbocycles. The van der Waals surface area contributed by atoms with E-state index in [1.165, 1.54) is 5.57 Å². The van der Waals surface area contributed by atoms with Crippen LogP contribution in [0.3, 0.4) is 0 Å². The van der Waals surface area contributed by atoms with Gasteiger partial charge in [0.05, 0.1) is 11.7 Å². The van der Waals surface area contributed by atoms with E-state index in [-0.39, 0.29) is 16.4 Å². The Labute approximate surface area is 108 Å². The summed E-state index contributed by atoms with van der Waals surface area (Å²) in [6.45, 7) is 22.3. The molecule has 0 aromatic carbocycles. The minimum absolute atomic E-state index is 0.177. The molecular formula is C16H30O. The van der Waals surface area contributed by atoms with Gasteiger partial charge in [-0.15, -0.1) is 0 Å². The van der Waals surface area contributed by atoms with E-state index in [4.69, 9.17) is 4.74 Å². The normalized spacial score (nSPS) is 30.5. The molecule has 0 spiro atoms. The van der Waals surface area contributed by atoms with Crippen LogP contribution in [0, 0.1) is 16.7 Å². The minimum Gasteiger partial charge on any atom is -0.367 e. The smallest absolute Gasteiger partial charge is 0.0837 e. The highest BCUT2D eigenvalue weighted by Gasteiger charge is 2.47. The SMILES string of the molecule is C=C1CC(C(C)(C)C)C(C(C)(C)C)OC1(C)C. The van der Waals surface area contributed by atoms with E-state index in [1.807, 2.05) is 0 Å². The van der Waals surface area contributed by atoms with E-state index < -0.39 is 0 Å². The first-order chi connectivity index (χ1) is 7.36. The van der Waals surface area contributed by atoms with Crippen molar-refractivity contribution in [3.63, 3.8) is 0 Å². The molecule has 1 aliphatic rings. The number of hydrogen-bond donors (Lipinski definition) is 0. The zero-order valence-corrected chi connectivity index (χ0v) is 13.0. The van der Waals surface area contributed by atoms with Crippen molar-refractivity contribution in [1.29, 1.82) is 0 Å². The Morgan fingerprint density at radius 2 is 1.53 bits per heavy atom. The molecule has 0 aliphatic carbocycles. The lowest BCUT2D eigenvalue weighted by molar-refractivity contribution is -0.165. The minimum atomic E-state index is -0.181. The van der Waals surface area contributed by atoms with Crippen molar-refractivity contribution >= 4 is 0 Å². The van der Waals surface area contributed by atoms with Crippen LogP contribution in [0.15, 0.2) is 12.2 Å². The Balaban J connectivity index is 3.08. The first kappa shape index (κ1) is 14.8. The topological polar surface area (TPSA) is 9.23 Å². The predicted molar refractivity (Wildman–Crippen MR) is 75.1 cm³/mol. The molecule has 0 amide bonds. The van der Waals surface area contributed by atoms with E-state index in [9.17, 15) is 0 Å². The third-order valence-corrected chi connectivity index (χ3v) is 4.07. The number of rotatable bonds is 0.